The number of hydrogen-bond acceptors (Lipinski definition) is 1. The molecule has 0 saturated carbocycles. The second-order valence-electron chi connectivity index (χ2n) is 3.44. The second kappa shape index (κ2) is 5.15. The van der Waals surface area contributed by atoms with Gasteiger partial charge in [-0.1, -0.05) is 22.9 Å². The third kappa shape index (κ3) is 3.12. The van der Waals surface area contributed by atoms with Gasteiger partial charge in [0.05, 0.1) is 0 Å². The number of alkyl halides is 1. The van der Waals surface area contributed by atoms with Crippen LogP contribution in [0, 0.1) is 5.92 Å². The van der Waals surface area contributed by atoms with Gasteiger partial charge in [-0.05, 0) is 44.8 Å². The molecule has 0 atom stereocenters. The van der Waals surface area contributed by atoms with Crippen LogP contribution in [0.1, 0.15) is 26.2 Å². The van der Waals surface area contributed by atoms with Crippen molar-refractivity contribution in [2.24, 2.45) is 5.92 Å². The van der Waals surface area contributed by atoms with E-state index >= 15 is 0 Å². The van der Waals surface area contributed by atoms with E-state index in [1.165, 1.54) is 44.2 Å². The molecule has 1 aliphatic rings. The van der Waals surface area contributed by atoms with Crippen LogP contribution in [0.25, 0.3) is 0 Å². The Bertz CT molecular complexity index is 97.7. The average Bonchev–Trinajstić information content (AvgIpc) is 2.07. The predicted octanol–water partition coefficient (Wildman–Crippen LogP) is 2.50. The van der Waals surface area contributed by atoms with Gasteiger partial charge in [0.1, 0.15) is 0 Å². The van der Waals surface area contributed by atoms with Gasteiger partial charge in [0, 0.05) is 5.33 Å². The van der Waals surface area contributed by atoms with Crippen molar-refractivity contribution in [3.8, 4) is 0 Å². The maximum atomic E-state index is 3.55. The monoisotopic (exact) mass is 219 g/mol. The van der Waals surface area contributed by atoms with E-state index < -0.39 is 0 Å². The molecule has 0 bridgehead atoms. The van der Waals surface area contributed by atoms with Crippen molar-refractivity contribution in [2.75, 3.05) is 25.0 Å². The van der Waals surface area contributed by atoms with Crippen molar-refractivity contribution in [1.82, 2.24) is 4.90 Å². The molecule has 0 N–H and O–H groups in total. The van der Waals surface area contributed by atoms with E-state index in [2.05, 4.69) is 27.8 Å². The van der Waals surface area contributed by atoms with Crippen LogP contribution in [0.2, 0.25) is 0 Å². The highest BCUT2D eigenvalue weighted by molar-refractivity contribution is 9.09. The molecule has 0 amide bonds. The van der Waals surface area contributed by atoms with Crippen molar-refractivity contribution < 1.29 is 0 Å². The average molecular weight is 220 g/mol. The van der Waals surface area contributed by atoms with Gasteiger partial charge >= 0.3 is 0 Å². The van der Waals surface area contributed by atoms with E-state index in [9.17, 15) is 0 Å². The number of nitrogens with zero attached hydrogens (tertiary/aromatic N) is 1. The lowest BCUT2D eigenvalue weighted by Gasteiger charge is -2.30. The number of hydrogen-bond donors (Lipinski definition) is 0. The summed E-state index contributed by atoms with van der Waals surface area (Å²) in [5.74, 6) is 0.947. The van der Waals surface area contributed by atoms with Gasteiger partial charge in [0.15, 0.2) is 0 Å². The van der Waals surface area contributed by atoms with E-state index in [4.69, 9.17) is 0 Å². The fourth-order valence-electron chi connectivity index (χ4n) is 1.68. The van der Waals surface area contributed by atoms with Crippen molar-refractivity contribution >= 4 is 15.9 Å². The first-order chi connectivity index (χ1) is 5.36. The zero-order chi connectivity index (χ0) is 8.10. The Morgan fingerprint density at radius 3 is 2.45 bits per heavy atom. The maximum Gasteiger partial charge on any atom is 0.00606 e. The molecular weight excluding hydrogens is 202 g/mol. The first kappa shape index (κ1) is 9.53. The highest BCUT2D eigenvalue weighted by Gasteiger charge is 2.16. The highest BCUT2D eigenvalue weighted by atomic mass is 79.9. The zero-order valence-corrected chi connectivity index (χ0v) is 8.94. The Morgan fingerprint density at radius 1 is 1.36 bits per heavy atom. The topological polar surface area (TPSA) is 3.24 Å². The predicted molar refractivity (Wildman–Crippen MR) is 53.2 cm³/mol. The van der Waals surface area contributed by atoms with E-state index in [1.54, 1.807) is 0 Å². The van der Waals surface area contributed by atoms with Crippen LogP contribution in [-0.4, -0.2) is 29.9 Å². The van der Waals surface area contributed by atoms with Crippen molar-refractivity contribution in [3.05, 3.63) is 0 Å². The molecule has 1 heterocycles. The van der Waals surface area contributed by atoms with Crippen LogP contribution in [0.5, 0.6) is 0 Å². The van der Waals surface area contributed by atoms with E-state index in [1.807, 2.05) is 0 Å². The lowest BCUT2D eigenvalue weighted by atomic mass is 9.99. The van der Waals surface area contributed by atoms with Crippen molar-refractivity contribution in [2.45, 2.75) is 26.2 Å². The molecular formula is C9H18BrN. The molecule has 1 saturated heterocycles. The summed E-state index contributed by atoms with van der Waals surface area (Å²) in [5, 5.41) is 1.20. The lowest BCUT2D eigenvalue weighted by Crippen LogP contribution is -2.34. The van der Waals surface area contributed by atoms with Gasteiger partial charge in [-0.15, -0.1) is 0 Å². The minimum Gasteiger partial charge on any atom is -0.303 e. The summed E-state index contributed by atoms with van der Waals surface area (Å²) in [6.45, 7) is 6.21. The van der Waals surface area contributed by atoms with E-state index in [0.717, 1.165) is 5.92 Å². The Labute approximate surface area is 78.3 Å². The first-order valence-electron chi connectivity index (χ1n) is 4.65. The van der Waals surface area contributed by atoms with Crippen LogP contribution in [0.3, 0.4) is 0 Å². The fraction of sp³-hybridized carbons (Fsp3) is 1.00. The molecule has 0 aliphatic carbocycles. The molecule has 0 aromatic rings. The van der Waals surface area contributed by atoms with E-state index in [-0.39, 0.29) is 0 Å². The largest absolute Gasteiger partial charge is 0.303 e. The first-order valence-corrected chi connectivity index (χ1v) is 5.77. The zero-order valence-electron chi connectivity index (χ0n) is 7.35. The molecule has 0 spiro atoms. The maximum absolute atomic E-state index is 3.55. The molecule has 2 heteroatoms. The summed E-state index contributed by atoms with van der Waals surface area (Å²) in [6.07, 6.45) is 4.09. The van der Waals surface area contributed by atoms with Crippen LogP contribution in [0.15, 0.2) is 0 Å². The SMILES string of the molecule is CCCN1CCC(CBr)CC1. The Hall–Kier alpha value is 0.440. The number of likely N-dealkylation sites (tertiary alicyclic amines) is 1. The molecule has 1 nitrogen and oxygen atoms in total. The smallest absolute Gasteiger partial charge is 0.00606 e. The van der Waals surface area contributed by atoms with E-state index in [0.29, 0.717) is 0 Å². The van der Waals surface area contributed by atoms with Crippen LogP contribution in [0.4, 0.5) is 0 Å². The Morgan fingerprint density at radius 2 is 2.00 bits per heavy atom. The number of halogens is 1. The van der Waals surface area contributed by atoms with Crippen molar-refractivity contribution in [3.63, 3.8) is 0 Å². The third-order valence-corrected chi connectivity index (χ3v) is 3.38. The summed E-state index contributed by atoms with van der Waals surface area (Å²) in [5.41, 5.74) is 0. The molecule has 11 heavy (non-hydrogen) atoms. The molecule has 1 rings (SSSR count). The third-order valence-electron chi connectivity index (χ3n) is 2.47. The van der Waals surface area contributed by atoms with Gasteiger partial charge in [0.25, 0.3) is 0 Å². The normalized spacial score (nSPS) is 22.4. The minimum atomic E-state index is 0.947. The second-order valence-corrected chi connectivity index (χ2v) is 4.09. The lowest BCUT2D eigenvalue weighted by molar-refractivity contribution is 0.195. The standard InChI is InChI=1S/C9H18BrN/c1-2-5-11-6-3-9(8-10)4-7-11/h9H,2-8H2,1H3. The summed E-state index contributed by atoms with van der Waals surface area (Å²) < 4.78 is 0. The van der Waals surface area contributed by atoms with Gasteiger partial charge in [-0.3, -0.25) is 0 Å². The molecule has 0 unspecified atom stereocenters. The number of piperidine rings is 1. The summed E-state index contributed by atoms with van der Waals surface area (Å²) >= 11 is 3.55. The van der Waals surface area contributed by atoms with Crippen molar-refractivity contribution in [1.29, 1.82) is 0 Å². The number of rotatable bonds is 3. The summed E-state index contributed by atoms with van der Waals surface area (Å²) in [6, 6.07) is 0. The molecule has 1 aliphatic heterocycles. The molecule has 0 aromatic heterocycles. The van der Waals surface area contributed by atoms with Gasteiger partial charge in [0.2, 0.25) is 0 Å². The quantitative estimate of drug-likeness (QED) is 0.660. The minimum absolute atomic E-state index is 0.947. The van der Waals surface area contributed by atoms with Gasteiger partial charge in [-0.2, -0.15) is 0 Å². The van der Waals surface area contributed by atoms with Crippen LogP contribution < -0.4 is 0 Å². The van der Waals surface area contributed by atoms with Crippen LogP contribution in [-0.2, 0) is 0 Å². The fourth-order valence-corrected chi connectivity index (χ4v) is 2.33. The molecule has 66 valence electrons. The Kier molecular flexibility index (Phi) is 4.46. The summed E-state index contributed by atoms with van der Waals surface area (Å²) in [4.78, 5) is 2.58. The van der Waals surface area contributed by atoms with Crippen LogP contribution >= 0.6 is 15.9 Å². The highest BCUT2D eigenvalue weighted by Crippen LogP contribution is 2.18. The Balaban J connectivity index is 2.14. The summed E-state index contributed by atoms with van der Waals surface area (Å²) in [7, 11) is 0. The molecule has 0 radical (unpaired) electrons. The molecule has 1 fully saturated rings. The van der Waals surface area contributed by atoms with Gasteiger partial charge in [-0.25, -0.2) is 0 Å². The molecule has 0 aromatic carbocycles. The van der Waals surface area contributed by atoms with Gasteiger partial charge < -0.3 is 4.90 Å².